The molecule has 1 N–H and O–H groups in total. The van der Waals surface area contributed by atoms with Gasteiger partial charge in [0.25, 0.3) is 11.6 Å². The number of nitro benzene ring substituents is 1. The van der Waals surface area contributed by atoms with Crippen molar-refractivity contribution in [2.75, 3.05) is 0 Å². The summed E-state index contributed by atoms with van der Waals surface area (Å²) < 4.78 is 18.7. The van der Waals surface area contributed by atoms with Gasteiger partial charge in [-0.2, -0.15) is 0 Å². The highest BCUT2D eigenvalue weighted by atomic mass is 19.1. The van der Waals surface area contributed by atoms with E-state index >= 15 is 0 Å². The smallest absolute Gasteiger partial charge is 0.270 e. The number of hydrogen-bond acceptors (Lipinski definition) is 5. The molecule has 0 aliphatic heterocycles. The van der Waals surface area contributed by atoms with Gasteiger partial charge in [-0.1, -0.05) is 5.16 Å². The minimum absolute atomic E-state index is 0.0339. The van der Waals surface area contributed by atoms with Gasteiger partial charge in [-0.15, -0.1) is 0 Å². The van der Waals surface area contributed by atoms with Crippen molar-refractivity contribution in [2.45, 2.75) is 20.4 Å². The van der Waals surface area contributed by atoms with Gasteiger partial charge in [0, 0.05) is 18.2 Å². The first-order valence-corrected chi connectivity index (χ1v) is 6.03. The predicted molar refractivity (Wildman–Crippen MR) is 70.2 cm³/mol. The second-order valence-corrected chi connectivity index (χ2v) is 4.49. The van der Waals surface area contributed by atoms with Crippen LogP contribution in [-0.4, -0.2) is 16.0 Å². The van der Waals surface area contributed by atoms with Crippen LogP contribution >= 0.6 is 0 Å². The Morgan fingerprint density at radius 3 is 2.71 bits per heavy atom. The second-order valence-electron chi connectivity index (χ2n) is 4.49. The Bertz CT molecular complexity index is 711. The highest BCUT2D eigenvalue weighted by Gasteiger charge is 2.19. The minimum atomic E-state index is -0.783. The maximum absolute atomic E-state index is 13.9. The molecule has 2 aromatic rings. The van der Waals surface area contributed by atoms with Gasteiger partial charge in [0.05, 0.1) is 17.0 Å². The third kappa shape index (κ3) is 3.22. The van der Waals surface area contributed by atoms with E-state index in [2.05, 4.69) is 10.5 Å². The molecule has 0 fully saturated rings. The molecule has 0 aliphatic rings. The number of hydrogen-bond donors (Lipinski definition) is 1. The molecule has 1 aromatic heterocycles. The first kappa shape index (κ1) is 14.6. The number of carbonyl (C=O) groups excluding carboxylic acids is 1. The van der Waals surface area contributed by atoms with E-state index in [1.165, 1.54) is 6.92 Å². The zero-order valence-electron chi connectivity index (χ0n) is 11.3. The fourth-order valence-corrected chi connectivity index (χ4v) is 1.79. The van der Waals surface area contributed by atoms with Gasteiger partial charge in [0.1, 0.15) is 17.3 Å². The molecule has 7 nitrogen and oxygen atoms in total. The van der Waals surface area contributed by atoms with Crippen molar-refractivity contribution >= 4 is 11.6 Å². The Balaban J connectivity index is 2.20. The Hall–Kier alpha value is -2.77. The quantitative estimate of drug-likeness (QED) is 0.688. The van der Waals surface area contributed by atoms with Crippen LogP contribution < -0.4 is 5.32 Å². The molecule has 0 aliphatic carbocycles. The summed E-state index contributed by atoms with van der Waals surface area (Å²) in [5.41, 5.74) is -0.201. The predicted octanol–water partition coefficient (Wildman–Crippen LogP) is 2.27. The van der Waals surface area contributed by atoms with Gasteiger partial charge < -0.3 is 9.84 Å². The lowest BCUT2D eigenvalue weighted by Crippen LogP contribution is -2.24. The van der Waals surface area contributed by atoms with Crippen molar-refractivity contribution in [1.82, 2.24) is 10.5 Å². The van der Waals surface area contributed by atoms with Crippen LogP contribution in [-0.2, 0) is 6.54 Å². The Morgan fingerprint density at radius 2 is 2.14 bits per heavy atom. The molecule has 0 saturated heterocycles. The lowest BCUT2D eigenvalue weighted by molar-refractivity contribution is -0.385. The average molecular weight is 293 g/mol. The maximum atomic E-state index is 13.9. The van der Waals surface area contributed by atoms with Crippen LogP contribution in [0.25, 0.3) is 0 Å². The van der Waals surface area contributed by atoms with Crippen molar-refractivity contribution in [3.63, 3.8) is 0 Å². The molecule has 0 saturated carbocycles. The Labute approximate surface area is 118 Å². The fourth-order valence-electron chi connectivity index (χ4n) is 1.79. The van der Waals surface area contributed by atoms with Gasteiger partial charge in [-0.05, 0) is 19.4 Å². The Kier molecular flexibility index (Phi) is 3.97. The molecule has 8 heteroatoms. The molecular weight excluding hydrogens is 281 g/mol. The van der Waals surface area contributed by atoms with Crippen molar-refractivity contribution in [1.29, 1.82) is 0 Å². The summed E-state index contributed by atoms with van der Waals surface area (Å²) in [6, 6.07) is 3.61. The summed E-state index contributed by atoms with van der Waals surface area (Å²) in [6.07, 6.45) is 0. The molecule has 2 rings (SSSR count). The molecule has 0 atom stereocenters. The van der Waals surface area contributed by atoms with Crippen molar-refractivity contribution in [3.05, 3.63) is 56.7 Å². The number of non-ortho nitro benzene ring substituents is 1. The highest BCUT2D eigenvalue weighted by molar-refractivity contribution is 5.95. The summed E-state index contributed by atoms with van der Waals surface area (Å²) in [5, 5.41) is 16.9. The van der Waals surface area contributed by atoms with E-state index < -0.39 is 16.6 Å². The normalized spacial score (nSPS) is 10.4. The molecular formula is C13H12FN3O4. The van der Waals surface area contributed by atoms with E-state index in [0.717, 1.165) is 12.1 Å². The van der Waals surface area contributed by atoms with Gasteiger partial charge in [0.15, 0.2) is 0 Å². The van der Waals surface area contributed by atoms with Gasteiger partial charge in [-0.25, -0.2) is 4.39 Å². The van der Waals surface area contributed by atoms with Gasteiger partial charge >= 0.3 is 0 Å². The van der Waals surface area contributed by atoms with Crippen LogP contribution in [0.5, 0.6) is 0 Å². The maximum Gasteiger partial charge on any atom is 0.270 e. The number of nitrogens with one attached hydrogen (secondary N) is 1. The zero-order chi connectivity index (χ0) is 15.6. The number of aryl methyl sites for hydroxylation is 2. The third-order valence-electron chi connectivity index (χ3n) is 2.80. The first-order valence-electron chi connectivity index (χ1n) is 6.03. The van der Waals surface area contributed by atoms with Crippen LogP contribution in [0.3, 0.4) is 0 Å². The molecule has 0 bridgehead atoms. The summed E-state index contributed by atoms with van der Waals surface area (Å²) in [7, 11) is 0. The molecule has 0 unspecified atom stereocenters. The van der Waals surface area contributed by atoms with Crippen molar-refractivity contribution in [3.8, 4) is 0 Å². The van der Waals surface area contributed by atoms with E-state index in [1.807, 2.05) is 0 Å². The summed E-state index contributed by atoms with van der Waals surface area (Å²) in [4.78, 5) is 22.0. The molecule has 110 valence electrons. The number of carbonyl (C=O) groups is 1. The number of nitro groups is 1. The van der Waals surface area contributed by atoms with Crippen molar-refractivity contribution in [2.24, 2.45) is 0 Å². The number of rotatable bonds is 4. The average Bonchev–Trinajstić information content (AvgIpc) is 2.84. The number of benzene rings is 1. The molecule has 1 amide bonds. The van der Waals surface area contributed by atoms with E-state index in [9.17, 15) is 19.3 Å². The summed E-state index contributed by atoms with van der Waals surface area (Å²) in [5.74, 6) is -0.953. The van der Waals surface area contributed by atoms with Crippen LogP contribution in [0.1, 0.15) is 27.4 Å². The molecule has 0 radical (unpaired) electrons. The first-order chi connectivity index (χ1) is 9.88. The summed E-state index contributed by atoms with van der Waals surface area (Å²) in [6.45, 7) is 3.10. The van der Waals surface area contributed by atoms with E-state index in [1.54, 1.807) is 13.0 Å². The largest absolute Gasteiger partial charge is 0.361 e. The van der Waals surface area contributed by atoms with E-state index in [4.69, 9.17) is 4.52 Å². The van der Waals surface area contributed by atoms with E-state index in [-0.39, 0.29) is 23.4 Å². The van der Waals surface area contributed by atoms with Crippen LogP contribution in [0.4, 0.5) is 10.1 Å². The lowest BCUT2D eigenvalue weighted by atomic mass is 10.1. The summed E-state index contributed by atoms with van der Waals surface area (Å²) >= 11 is 0. The third-order valence-corrected chi connectivity index (χ3v) is 2.80. The van der Waals surface area contributed by atoms with Crippen LogP contribution in [0, 0.1) is 29.8 Å². The molecule has 21 heavy (non-hydrogen) atoms. The standard InChI is InChI=1S/C13H12FN3O4/c1-7-3-10(17(19)20)5-11(12(7)14)13(18)15-6-9-4-8(2)21-16-9/h3-5H,6H2,1-2H3,(H,15,18). The molecule has 1 aromatic carbocycles. The number of nitrogens with zero attached hydrogens (tertiary/aromatic N) is 2. The van der Waals surface area contributed by atoms with Gasteiger partial charge in [-0.3, -0.25) is 14.9 Å². The van der Waals surface area contributed by atoms with Crippen LogP contribution in [0.15, 0.2) is 22.7 Å². The van der Waals surface area contributed by atoms with Crippen molar-refractivity contribution < 1.29 is 18.6 Å². The SMILES string of the molecule is Cc1cc(CNC(=O)c2cc([N+](=O)[O-])cc(C)c2F)no1. The number of halogens is 1. The number of aromatic nitrogens is 1. The minimum Gasteiger partial charge on any atom is -0.361 e. The van der Waals surface area contributed by atoms with Crippen LogP contribution in [0.2, 0.25) is 0 Å². The molecule has 0 spiro atoms. The molecule has 1 heterocycles. The number of amides is 1. The van der Waals surface area contributed by atoms with E-state index in [0.29, 0.717) is 11.5 Å². The monoisotopic (exact) mass is 293 g/mol. The lowest BCUT2D eigenvalue weighted by Gasteiger charge is -2.06. The fraction of sp³-hybridized carbons (Fsp3) is 0.231. The zero-order valence-corrected chi connectivity index (χ0v) is 11.3. The highest BCUT2D eigenvalue weighted by Crippen LogP contribution is 2.21. The Morgan fingerprint density at radius 1 is 1.43 bits per heavy atom. The topological polar surface area (TPSA) is 98.3 Å². The van der Waals surface area contributed by atoms with Gasteiger partial charge in [0.2, 0.25) is 0 Å². The second kappa shape index (κ2) is 5.70.